The minimum Gasteiger partial charge on any atom is -0.481 e. The predicted octanol–water partition coefficient (Wildman–Crippen LogP) is 9.89. The number of halogens is 2. The molecule has 0 bridgehead atoms. The molecule has 0 radical (unpaired) electrons. The van der Waals surface area contributed by atoms with Gasteiger partial charge < -0.3 is 10.4 Å². The van der Waals surface area contributed by atoms with Crippen molar-refractivity contribution >= 4 is 44.1 Å². The van der Waals surface area contributed by atoms with Gasteiger partial charge >= 0.3 is 5.97 Å². The van der Waals surface area contributed by atoms with Gasteiger partial charge in [0.05, 0.1) is 23.3 Å². The highest BCUT2D eigenvalue weighted by atomic mass is 32.1. The second-order valence-corrected chi connectivity index (χ2v) is 10.9. The number of thiazole rings is 1. The number of carboxylic acid groups (broad SMARTS) is 1. The maximum Gasteiger partial charge on any atom is 0.306 e. The molecule has 0 aliphatic heterocycles. The first kappa shape index (κ1) is 33.6. The molecule has 8 heteroatoms. The highest BCUT2D eigenvalue weighted by Crippen LogP contribution is 2.30. The number of rotatable bonds is 11. The minimum atomic E-state index is -0.628. The Hall–Kier alpha value is -3.65. The van der Waals surface area contributed by atoms with Crippen molar-refractivity contribution in [2.24, 2.45) is 11.8 Å². The van der Waals surface area contributed by atoms with Crippen LogP contribution in [0.3, 0.4) is 0 Å². The Balaban J connectivity index is 0.000000357. The zero-order valence-corrected chi connectivity index (χ0v) is 25.2. The predicted molar refractivity (Wildman–Crippen MR) is 167 cm³/mol. The Kier molecular flexibility index (Phi) is 14.1. The number of Topliss-reactive ketones (excluding diaryl/α,β-unsaturated/α-hetero) is 1. The van der Waals surface area contributed by atoms with Gasteiger partial charge in [-0.1, -0.05) is 87.4 Å². The summed E-state index contributed by atoms with van der Waals surface area (Å²) in [7, 11) is 0.500. The van der Waals surface area contributed by atoms with Crippen molar-refractivity contribution in [3.63, 3.8) is 0 Å². The van der Waals surface area contributed by atoms with Gasteiger partial charge in [-0.2, -0.15) is 0 Å². The molecule has 0 aliphatic carbocycles. The quantitative estimate of drug-likeness (QED) is 0.172. The SMILES string of the molecule is CC(=O)c1ccc(-c2ccc(Nc3nc4ccc(CF)cc4s3)cc2)cc1.CCCC(CC(C)CC)C(=O)O.CF. The molecule has 4 aromatic rings. The number of nitrogens with one attached hydrogen (secondary N) is 1. The molecule has 2 N–H and O–H groups in total. The van der Waals surface area contributed by atoms with Gasteiger partial charge in [-0.3, -0.25) is 14.0 Å². The number of fused-ring (bicyclic) bond motifs is 1. The van der Waals surface area contributed by atoms with Crippen LogP contribution in [0.2, 0.25) is 0 Å². The maximum absolute atomic E-state index is 12.8. The van der Waals surface area contributed by atoms with E-state index in [4.69, 9.17) is 5.11 Å². The van der Waals surface area contributed by atoms with Crippen molar-refractivity contribution in [1.29, 1.82) is 0 Å². The Labute approximate surface area is 245 Å². The van der Waals surface area contributed by atoms with Crippen LogP contribution in [0.25, 0.3) is 21.3 Å². The van der Waals surface area contributed by atoms with E-state index in [1.165, 1.54) is 11.3 Å². The van der Waals surface area contributed by atoms with Crippen molar-refractivity contribution in [1.82, 2.24) is 4.98 Å². The van der Waals surface area contributed by atoms with Crippen molar-refractivity contribution in [2.45, 2.75) is 60.1 Å². The van der Waals surface area contributed by atoms with Gasteiger partial charge in [0.1, 0.15) is 6.67 Å². The molecule has 220 valence electrons. The lowest BCUT2D eigenvalue weighted by Gasteiger charge is -2.15. The molecule has 0 saturated carbocycles. The lowest BCUT2D eigenvalue weighted by atomic mass is 9.91. The molecule has 0 spiro atoms. The fraction of sp³-hybridized carbons (Fsp3) is 0.364. The number of ketones is 1. The van der Waals surface area contributed by atoms with Crippen LogP contribution in [0.1, 0.15) is 69.3 Å². The maximum atomic E-state index is 12.8. The molecule has 2 atom stereocenters. The van der Waals surface area contributed by atoms with Gasteiger partial charge in [0.15, 0.2) is 10.9 Å². The van der Waals surface area contributed by atoms with Crippen LogP contribution in [-0.4, -0.2) is 29.0 Å². The molecule has 41 heavy (non-hydrogen) atoms. The van der Waals surface area contributed by atoms with Gasteiger partial charge in [-0.25, -0.2) is 9.37 Å². The van der Waals surface area contributed by atoms with Crippen molar-refractivity contribution in [3.05, 3.63) is 77.9 Å². The van der Waals surface area contributed by atoms with Gasteiger partial charge in [-0.05, 0) is 66.6 Å². The zero-order valence-electron chi connectivity index (χ0n) is 24.4. The van der Waals surface area contributed by atoms with Crippen LogP contribution < -0.4 is 5.32 Å². The molecule has 0 aliphatic rings. The number of aliphatic carboxylic acids is 1. The summed E-state index contributed by atoms with van der Waals surface area (Å²) < 4.78 is 23.3. The van der Waals surface area contributed by atoms with Crippen LogP contribution in [0.5, 0.6) is 0 Å². The minimum absolute atomic E-state index is 0.0653. The third-order valence-corrected chi connectivity index (χ3v) is 7.67. The number of nitrogens with zero attached hydrogens (tertiary/aromatic N) is 1. The second-order valence-electron chi connectivity index (χ2n) is 9.86. The molecule has 3 aromatic carbocycles. The third kappa shape index (κ3) is 10.4. The van der Waals surface area contributed by atoms with Crippen LogP contribution in [0.15, 0.2) is 66.7 Å². The van der Waals surface area contributed by atoms with Crippen LogP contribution >= 0.6 is 11.3 Å². The highest BCUT2D eigenvalue weighted by Gasteiger charge is 2.18. The Morgan fingerprint density at radius 2 is 1.59 bits per heavy atom. The molecule has 0 fully saturated rings. The van der Waals surface area contributed by atoms with Crippen molar-refractivity contribution < 1.29 is 23.5 Å². The summed E-state index contributed by atoms with van der Waals surface area (Å²) in [5, 5.41) is 12.9. The van der Waals surface area contributed by atoms with E-state index in [-0.39, 0.29) is 11.7 Å². The van der Waals surface area contributed by atoms with Crippen LogP contribution in [0.4, 0.5) is 19.6 Å². The number of carbonyl (C=O) groups excluding carboxylic acids is 1. The summed E-state index contributed by atoms with van der Waals surface area (Å²) in [6, 6.07) is 21.1. The van der Waals surface area contributed by atoms with E-state index in [0.29, 0.717) is 24.2 Å². The molecule has 1 heterocycles. The van der Waals surface area contributed by atoms with Gasteiger partial charge in [0.2, 0.25) is 0 Å². The van der Waals surface area contributed by atoms with Crippen molar-refractivity contribution in [3.8, 4) is 11.1 Å². The van der Waals surface area contributed by atoms with E-state index in [9.17, 15) is 18.4 Å². The fourth-order valence-electron chi connectivity index (χ4n) is 4.22. The van der Waals surface area contributed by atoms with Crippen LogP contribution in [0, 0.1) is 11.8 Å². The fourth-order valence-corrected chi connectivity index (χ4v) is 5.17. The standard InChI is InChI=1S/C22H17FN2OS.C10H20O2.CH3F/c1-14(26)16-3-5-17(6-4-16)18-7-9-19(10-8-18)24-22-25-20-11-2-15(13-23)12-21(20)27-22;1-4-6-9(10(11)12)7-8(3)5-2;1-2/h2-12H,13H2,1H3,(H,24,25);8-9H,4-7H2,1-3H3,(H,11,12);1H3. The van der Waals surface area contributed by atoms with Gasteiger partial charge in [0, 0.05) is 11.3 Å². The molecular weight excluding hydrogens is 542 g/mol. The number of aromatic nitrogens is 1. The number of carboxylic acids is 1. The van der Waals surface area contributed by atoms with Gasteiger partial charge in [0.25, 0.3) is 0 Å². The van der Waals surface area contributed by atoms with E-state index in [2.05, 4.69) is 24.1 Å². The number of hydrogen-bond donors (Lipinski definition) is 2. The number of benzene rings is 3. The average Bonchev–Trinajstić information content (AvgIpc) is 3.40. The second kappa shape index (κ2) is 17.2. The van der Waals surface area contributed by atoms with E-state index < -0.39 is 12.6 Å². The number of hydrogen-bond acceptors (Lipinski definition) is 5. The summed E-state index contributed by atoms with van der Waals surface area (Å²) in [4.78, 5) is 26.7. The third-order valence-electron chi connectivity index (χ3n) is 6.74. The largest absolute Gasteiger partial charge is 0.481 e. The highest BCUT2D eigenvalue weighted by molar-refractivity contribution is 7.22. The first-order chi connectivity index (χ1) is 19.7. The monoisotopic (exact) mass is 582 g/mol. The number of alkyl halides is 2. The molecule has 4 rings (SSSR count). The van der Waals surface area contributed by atoms with E-state index in [1.54, 1.807) is 13.0 Å². The topological polar surface area (TPSA) is 79.3 Å². The smallest absolute Gasteiger partial charge is 0.306 e. The molecule has 0 amide bonds. The first-order valence-electron chi connectivity index (χ1n) is 13.8. The van der Waals surface area contributed by atoms with E-state index in [1.807, 2.05) is 67.6 Å². The zero-order chi connectivity index (χ0) is 30.4. The molecule has 2 unspecified atom stereocenters. The normalized spacial score (nSPS) is 11.9. The summed E-state index contributed by atoms with van der Waals surface area (Å²) in [6.45, 7) is 7.36. The van der Waals surface area contributed by atoms with Gasteiger partial charge in [-0.15, -0.1) is 0 Å². The summed E-state index contributed by atoms with van der Waals surface area (Å²) in [6.07, 6.45) is 3.69. The number of anilines is 2. The summed E-state index contributed by atoms with van der Waals surface area (Å²) in [5.41, 5.74) is 5.31. The first-order valence-corrected chi connectivity index (χ1v) is 14.6. The Morgan fingerprint density at radius 3 is 2.10 bits per heavy atom. The Morgan fingerprint density at radius 1 is 0.976 bits per heavy atom. The van der Waals surface area contributed by atoms with Crippen molar-refractivity contribution in [2.75, 3.05) is 12.5 Å². The summed E-state index contributed by atoms with van der Waals surface area (Å²) >= 11 is 1.51. The lowest BCUT2D eigenvalue weighted by Crippen LogP contribution is -2.16. The molecule has 5 nitrogen and oxygen atoms in total. The summed E-state index contributed by atoms with van der Waals surface area (Å²) in [5.74, 6) is -0.143. The number of carbonyl (C=O) groups is 2. The Bertz CT molecular complexity index is 1370. The van der Waals surface area contributed by atoms with E-state index >= 15 is 0 Å². The lowest BCUT2D eigenvalue weighted by molar-refractivity contribution is -0.142. The van der Waals surface area contributed by atoms with Crippen LogP contribution in [-0.2, 0) is 11.5 Å². The van der Waals surface area contributed by atoms with E-state index in [0.717, 1.165) is 57.8 Å². The molecule has 1 aromatic heterocycles. The average molecular weight is 583 g/mol. The molecule has 0 saturated heterocycles. The molecular formula is C33H40F2N2O3S.